The highest BCUT2D eigenvalue weighted by Gasteiger charge is 2.23. The van der Waals surface area contributed by atoms with E-state index in [1.54, 1.807) is 9.58 Å². The Morgan fingerprint density at radius 1 is 1.52 bits per heavy atom. The van der Waals surface area contributed by atoms with Crippen LogP contribution in [0, 0.1) is 11.9 Å². The first kappa shape index (κ1) is 17.3. The van der Waals surface area contributed by atoms with Gasteiger partial charge in [-0.2, -0.15) is 9.49 Å². The maximum absolute atomic E-state index is 13.7. The van der Waals surface area contributed by atoms with E-state index in [9.17, 15) is 9.18 Å². The van der Waals surface area contributed by atoms with E-state index >= 15 is 0 Å². The molecule has 0 bridgehead atoms. The molecule has 0 radical (unpaired) electrons. The van der Waals surface area contributed by atoms with Gasteiger partial charge in [0.2, 0.25) is 11.9 Å². The maximum Gasteiger partial charge on any atom is 0.246 e. The molecule has 1 amide bonds. The van der Waals surface area contributed by atoms with E-state index in [0.29, 0.717) is 37.7 Å². The van der Waals surface area contributed by atoms with Gasteiger partial charge >= 0.3 is 0 Å². The number of amides is 1. The number of carbonyl (C=O) groups excluding carboxylic acids is 1. The van der Waals surface area contributed by atoms with Gasteiger partial charge < -0.3 is 10.6 Å². The van der Waals surface area contributed by atoms with Crippen LogP contribution in [-0.2, 0) is 24.9 Å². The predicted molar refractivity (Wildman–Crippen MR) is 89.4 cm³/mol. The Morgan fingerprint density at radius 3 is 3.04 bits per heavy atom. The van der Waals surface area contributed by atoms with Gasteiger partial charge in [0.15, 0.2) is 0 Å². The summed E-state index contributed by atoms with van der Waals surface area (Å²) < 4.78 is 16.6. The fourth-order valence-electron chi connectivity index (χ4n) is 3.02. The summed E-state index contributed by atoms with van der Waals surface area (Å²) in [5.74, 6) is -0.259. The van der Waals surface area contributed by atoms with Crippen LogP contribution in [0.5, 0.6) is 0 Å². The lowest BCUT2D eigenvalue weighted by Gasteiger charge is -2.32. The van der Waals surface area contributed by atoms with Crippen LogP contribution in [0.25, 0.3) is 6.08 Å². The van der Waals surface area contributed by atoms with Crippen molar-refractivity contribution in [2.24, 2.45) is 18.7 Å². The first-order chi connectivity index (χ1) is 12.1. The van der Waals surface area contributed by atoms with Crippen molar-refractivity contribution in [3.63, 3.8) is 0 Å². The average Bonchev–Trinajstić information content (AvgIpc) is 3.20. The van der Waals surface area contributed by atoms with E-state index < -0.39 is 5.95 Å². The topological polar surface area (TPSA) is 94.9 Å². The number of carbonyl (C=O) groups is 1. The highest BCUT2D eigenvalue weighted by molar-refractivity contribution is 5.91. The molecule has 3 rings (SSSR count). The second-order valence-corrected chi connectivity index (χ2v) is 6.28. The van der Waals surface area contributed by atoms with Gasteiger partial charge in [0.25, 0.3) is 0 Å². The van der Waals surface area contributed by atoms with Crippen LogP contribution < -0.4 is 5.73 Å². The molecule has 0 aromatic carbocycles. The number of hydrogen-bond donors (Lipinski definition) is 1. The zero-order valence-corrected chi connectivity index (χ0v) is 14.2. The third-order valence-electron chi connectivity index (χ3n) is 4.37. The fraction of sp³-hybridized carbons (Fsp3) is 0.500. The molecular formula is C16H22FN7O. The number of hydrogen-bond acceptors (Lipinski definition) is 5. The normalized spacial score (nSPS) is 18.2. The van der Waals surface area contributed by atoms with Crippen molar-refractivity contribution < 1.29 is 9.18 Å². The molecule has 2 aromatic rings. The van der Waals surface area contributed by atoms with Crippen LogP contribution in [0.15, 0.2) is 18.5 Å². The van der Waals surface area contributed by atoms with Gasteiger partial charge in [-0.3, -0.25) is 9.48 Å². The molecule has 3 heterocycles. The highest BCUT2D eigenvalue weighted by atomic mass is 19.1. The Labute approximate surface area is 145 Å². The molecule has 0 spiro atoms. The van der Waals surface area contributed by atoms with Crippen molar-refractivity contribution in [3.8, 4) is 0 Å². The second kappa shape index (κ2) is 7.56. The number of rotatable bonds is 5. The van der Waals surface area contributed by atoms with Crippen LogP contribution in [-0.4, -0.2) is 48.7 Å². The molecular weight excluding hydrogens is 325 g/mol. The SMILES string of the molecule is Cn1ncc(/C=C/C(=O)N2CCC[C@@H](Cn3cc(CN)nn3)C2)c1F. The molecule has 1 saturated heterocycles. The minimum atomic E-state index is -0.456. The molecule has 0 saturated carbocycles. The Kier molecular flexibility index (Phi) is 5.22. The highest BCUT2D eigenvalue weighted by Crippen LogP contribution is 2.19. The summed E-state index contributed by atoms with van der Waals surface area (Å²) in [6.07, 6.45) is 8.08. The van der Waals surface area contributed by atoms with Gasteiger partial charge in [0.1, 0.15) is 0 Å². The van der Waals surface area contributed by atoms with Crippen molar-refractivity contribution in [1.82, 2.24) is 29.7 Å². The zero-order chi connectivity index (χ0) is 17.8. The molecule has 134 valence electrons. The first-order valence-electron chi connectivity index (χ1n) is 8.30. The zero-order valence-electron chi connectivity index (χ0n) is 14.2. The number of piperidine rings is 1. The molecule has 1 atom stereocenters. The summed E-state index contributed by atoms with van der Waals surface area (Å²) in [5.41, 5.74) is 6.60. The average molecular weight is 347 g/mol. The Balaban J connectivity index is 1.58. The van der Waals surface area contributed by atoms with Crippen LogP contribution in [0.3, 0.4) is 0 Å². The molecule has 2 aromatic heterocycles. The Hall–Kier alpha value is -2.55. The van der Waals surface area contributed by atoms with Gasteiger partial charge in [0, 0.05) is 51.1 Å². The van der Waals surface area contributed by atoms with Crippen molar-refractivity contribution in [1.29, 1.82) is 0 Å². The summed E-state index contributed by atoms with van der Waals surface area (Å²) in [5, 5.41) is 11.9. The number of nitrogens with zero attached hydrogens (tertiary/aromatic N) is 6. The van der Waals surface area contributed by atoms with Crippen LogP contribution >= 0.6 is 0 Å². The van der Waals surface area contributed by atoms with Crippen molar-refractivity contribution >= 4 is 12.0 Å². The standard InChI is InChI=1S/C16H22FN7O/c1-22-16(17)13(8-19-22)4-5-15(25)23-6-2-3-12(9-23)10-24-11-14(7-18)20-21-24/h4-5,8,11-12H,2-3,6-7,9-10,18H2,1H3/b5-4+/t12-/m1/s1. The van der Waals surface area contributed by atoms with E-state index in [-0.39, 0.29) is 5.91 Å². The number of aryl methyl sites for hydroxylation is 1. The van der Waals surface area contributed by atoms with E-state index in [1.807, 2.05) is 6.20 Å². The summed E-state index contributed by atoms with van der Waals surface area (Å²) in [4.78, 5) is 14.2. The summed E-state index contributed by atoms with van der Waals surface area (Å²) >= 11 is 0. The number of nitrogens with two attached hydrogens (primary N) is 1. The van der Waals surface area contributed by atoms with Crippen LogP contribution in [0.1, 0.15) is 24.1 Å². The maximum atomic E-state index is 13.7. The van der Waals surface area contributed by atoms with Crippen molar-refractivity contribution in [2.75, 3.05) is 13.1 Å². The molecule has 1 fully saturated rings. The molecule has 8 nitrogen and oxygen atoms in total. The summed E-state index contributed by atoms with van der Waals surface area (Å²) in [6, 6.07) is 0. The Morgan fingerprint density at radius 2 is 2.36 bits per heavy atom. The molecule has 0 aliphatic carbocycles. The van der Waals surface area contributed by atoms with Crippen LogP contribution in [0.4, 0.5) is 4.39 Å². The number of halogens is 1. The predicted octanol–water partition coefficient (Wildman–Crippen LogP) is 0.561. The van der Waals surface area contributed by atoms with Gasteiger partial charge in [-0.05, 0) is 24.8 Å². The second-order valence-electron chi connectivity index (χ2n) is 6.28. The lowest BCUT2D eigenvalue weighted by atomic mass is 9.98. The molecule has 9 heteroatoms. The smallest absolute Gasteiger partial charge is 0.246 e. The van der Waals surface area contributed by atoms with E-state index in [0.717, 1.165) is 23.2 Å². The quantitative estimate of drug-likeness (QED) is 0.798. The molecule has 2 N–H and O–H groups in total. The minimum absolute atomic E-state index is 0.116. The lowest BCUT2D eigenvalue weighted by molar-refractivity contribution is -0.127. The van der Waals surface area contributed by atoms with Crippen LogP contribution in [0.2, 0.25) is 0 Å². The largest absolute Gasteiger partial charge is 0.339 e. The van der Waals surface area contributed by atoms with Crippen molar-refractivity contribution in [3.05, 3.63) is 35.7 Å². The minimum Gasteiger partial charge on any atom is -0.339 e. The molecule has 0 unspecified atom stereocenters. The van der Waals surface area contributed by atoms with Gasteiger partial charge in [-0.1, -0.05) is 5.21 Å². The van der Waals surface area contributed by atoms with Gasteiger partial charge in [-0.25, -0.2) is 4.68 Å². The van der Waals surface area contributed by atoms with Crippen molar-refractivity contribution in [2.45, 2.75) is 25.9 Å². The molecule has 1 aliphatic rings. The van der Waals surface area contributed by atoms with Gasteiger partial charge in [-0.15, -0.1) is 5.10 Å². The van der Waals surface area contributed by atoms with E-state index in [2.05, 4.69) is 15.4 Å². The third-order valence-corrected chi connectivity index (χ3v) is 4.37. The lowest BCUT2D eigenvalue weighted by Crippen LogP contribution is -2.40. The summed E-state index contributed by atoms with van der Waals surface area (Å²) in [6.45, 7) is 2.43. The summed E-state index contributed by atoms with van der Waals surface area (Å²) in [7, 11) is 1.52. The Bertz CT molecular complexity index is 766. The molecule has 1 aliphatic heterocycles. The fourth-order valence-corrected chi connectivity index (χ4v) is 3.02. The monoisotopic (exact) mass is 347 g/mol. The number of likely N-dealkylation sites (tertiary alicyclic amines) is 1. The molecule has 25 heavy (non-hydrogen) atoms. The third kappa shape index (κ3) is 4.11. The first-order valence-corrected chi connectivity index (χ1v) is 8.30. The van der Waals surface area contributed by atoms with Gasteiger partial charge in [0.05, 0.1) is 11.9 Å². The number of aromatic nitrogens is 5. The van der Waals surface area contributed by atoms with E-state index in [4.69, 9.17) is 5.73 Å². The van der Waals surface area contributed by atoms with E-state index in [1.165, 1.54) is 25.4 Å².